The minimum Gasteiger partial charge on any atom is -0.465 e. The van der Waals surface area contributed by atoms with Gasteiger partial charge in [-0.3, -0.25) is 0 Å². The van der Waals surface area contributed by atoms with Crippen LogP contribution in [-0.4, -0.2) is 17.6 Å². The van der Waals surface area contributed by atoms with Crippen LogP contribution in [0.5, 0.6) is 0 Å². The minimum absolute atomic E-state index is 0.287. The fourth-order valence-corrected chi connectivity index (χ4v) is 2.60. The number of ether oxygens (including phenoxy) is 1. The van der Waals surface area contributed by atoms with Crippen molar-refractivity contribution in [1.29, 1.82) is 0 Å². The quantitative estimate of drug-likeness (QED) is 0.599. The summed E-state index contributed by atoms with van der Waals surface area (Å²) in [5, 5.41) is 0.510. The maximum absolute atomic E-state index is 11.8. The molecule has 0 amide bonds. The molecule has 0 saturated heterocycles. The van der Waals surface area contributed by atoms with Crippen LogP contribution in [0.3, 0.4) is 0 Å². The zero-order valence-electron chi connectivity index (χ0n) is 11.4. The Balaban J connectivity index is 3.48. The van der Waals surface area contributed by atoms with Gasteiger partial charge in [0.25, 0.3) is 0 Å². The number of hydrogen-bond donors (Lipinski definition) is 0. The third-order valence-corrected chi connectivity index (χ3v) is 3.66. The fraction of sp³-hybridized carbons (Fsp3) is 0.500. The summed E-state index contributed by atoms with van der Waals surface area (Å²) in [5.74, 6) is -0.0978. The van der Waals surface area contributed by atoms with Gasteiger partial charge in [0.2, 0.25) is 0 Å². The molecule has 0 saturated carbocycles. The Morgan fingerprint density at radius 1 is 1.61 bits per heavy atom. The van der Waals surface area contributed by atoms with Gasteiger partial charge in [-0.1, -0.05) is 31.5 Å². The molecular formula is C14H20ClNO2. The molecule has 1 heterocycles. The summed E-state index contributed by atoms with van der Waals surface area (Å²) in [5.41, 5.74) is 2.29. The Bertz CT molecular complexity index is 463. The van der Waals surface area contributed by atoms with Crippen LogP contribution in [0.4, 0.5) is 0 Å². The molecule has 0 spiro atoms. The highest BCUT2D eigenvalue weighted by Gasteiger charge is 2.26. The number of nitrogens with zero attached hydrogens (tertiary/aromatic N) is 1. The molecule has 0 N–H and O–H groups in total. The molecule has 1 atom stereocenters. The molecule has 0 aliphatic heterocycles. The number of carbonyl (C=O) groups excluding carboxylic acids is 1. The molecule has 3 nitrogen and oxygen atoms in total. The van der Waals surface area contributed by atoms with E-state index in [2.05, 4.69) is 20.4 Å². The van der Waals surface area contributed by atoms with Crippen molar-refractivity contribution < 1.29 is 9.53 Å². The lowest BCUT2D eigenvalue weighted by Crippen LogP contribution is -2.07. The van der Waals surface area contributed by atoms with Gasteiger partial charge in [0.1, 0.15) is 0 Å². The second kappa shape index (κ2) is 6.10. The Morgan fingerprint density at radius 2 is 2.22 bits per heavy atom. The van der Waals surface area contributed by atoms with Gasteiger partial charge in [-0.15, -0.1) is 6.58 Å². The van der Waals surface area contributed by atoms with E-state index in [-0.39, 0.29) is 11.9 Å². The second-order valence-corrected chi connectivity index (χ2v) is 4.74. The highest BCUT2D eigenvalue weighted by molar-refractivity contribution is 6.34. The molecule has 4 heteroatoms. The number of esters is 1. The van der Waals surface area contributed by atoms with Gasteiger partial charge in [-0.25, -0.2) is 4.79 Å². The van der Waals surface area contributed by atoms with E-state index >= 15 is 0 Å². The molecule has 0 aromatic carbocycles. The number of allylic oxidation sites excluding steroid dienone is 1. The molecule has 1 unspecified atom stereocenters. The van der Waals surface area contributed by atoms with Crippen LogP contribution < -0.4 is 0 Å². The number of rotatable bonds is 5. The summed E-state index contributed by atoms with van der Waals surface area (Å²) in [6.07, 6.45) is 2.76. The average Bonchev–Trinajstić information content (AvgIpc) is 2.60. The normalized spacial score (nSPS) is 12.3. The average molecular weight is 270 g/mol. The van der Waals surface area contributed by atoms with Crippen LogP contribution in [0.1, 0.15) is 47.9 Å². The second-order valence-electron chi connectivity index (χ2n) is 4.36. The summed E-state index contributed by atoms with van der Waals surface area (Å²) in [4.78, 5) is 11.8. The summed E-state index contributed by atoms with van der Waals surface area (Å²) in [7, 11) is 1.37. The van der Waals surface area contributed by atoms with Crippen LogP contribution in [0, 0.1) is 6.92 Å². The molecule has 1 rings (SSSR count). The van der Waals surface area contributed by atoms with Crippen molar-refractivity contribution in [3.63, 3.8) is 0 Å². The van der Waals surface area contributed by atoms with Crippen molar-refractivity contribution in [2.75, 3.05) is 7.11 Å². The van der Waals surface area contributed by atoms with Crippen molar-refractivity contribution in [1.82, 2.24) is 4.57 Å². The number of hydrogen-bond acceptors (Lipinski definition) is 2. The first-order valence-corrected chi connectivity index (χ1v) is 6.44. The van der Waals surface area contributed by atoms with Crippen LogP contribution in [0.2, 0.25) is 5.02 Å². The summed E-state index contributed by atoms with van der Waals surface area (Å²) in [6.45, 7) is 10.5. The van der Waals surface area contributed by atoms with Crippen molar-refractivity contribution in [2.45, 2.75) is 39.7 Å². The van der Waals surface area contributed by atoms with E-state index in [0.29, 0.717) is 17.1 Å². The molecule has 100 valence electrons. The third-order valence-electron chi connectivity index (χ3n) is 3.28. The van der Waals surface area contributed by atoms with Crippen molar-refractivity contribution in [3.05, 3.63) is 34.6 Å². The van der Waals surface area contributed by atoms with E-state index in [4.69, 9.17) is 16.3 Å². The lowest BCUT2D eigenvalue weighted by molar-refractivity contribution is 0.0600. The first-order valence-electron chi connectivity index (χ1n) is 6.07. The predicted octanol–water partition coefficient (Wildman–Crippen LogP) is 3.94. The van der Waals surface area contributed by atoms with E-state index in [1.807, 2.05) is 11.5 Å². The Labute approximate surface area is 113 Å². The zero-order valence-corrected chi connectivity index (χ0v) is 12.2. The summed E-state index contributed by atoms with van der Waals surface area (Å²) < 4.78 is 6.83. The van der Waals surface area contributed by atoms with Crippen LogP contribution >= 0.6 is 11.6 Å². The van der Waals surface area contributed by atoms with Crippen LogP contribution in [0.15, 0.2) is 12.7 Å². The van der Waals surface area contributed by atoms with Crippen LogP contribution in [0.25, 0.3) is 0 Å². The van der Waals surface area contributed by atoms with Crippen molar-refractivity contribution in [2.24, 2.45) is 0 Å². The number of aromatic nitrogens is 1. The molecule has 1 aromatic rings. The number of methoxy groups -OCH3 is 1. The molecule has 0 bridgehead atoms. The highest BCUT2D eigenvalue weighted by atomic mass is 35.5. The van der Waals surface area contributed by atoms with Gasteiger partial charge >= 0.3 is 5.97 Å². The molecule has 0 aliphatic carbocycles. The van der Waals surface area contributed by atoms with Gasteiger partial charge in [-0.2, -0.15) is 0 Å². The first kappa shape index (κ1) is 14.8. The van der Waals surface area contributed by atoms with E-state index in [1.54, 1.807) is 6.08 Å². The van der Waals surface area contributed by atoms with E-state index < -0.39 is 0 Å². The van der Waals surface area contributed by atoms with Gasteiger partial charge in [0.05, 0.1) is 17.7 Å². The lowest BCUT2D eigenvalue weighted by Gasteiger charge is -2.14. The fourth-order valence-electron chi connectivity index (χ4n) is 2.10. The smallest absolute Gasteiger partial charge is 0.341 e. The van der Waals surface area contributed by atoms with E-state index in [0.717, 1.165) is 17.8 Å². The largest absolute Gasteiger partial charge is 0.465 e. The Hall–Kier alpha value is -1.22. The summed E-state index contributed by atoms with van der Waals surface area (Å²) >= 11 is 6.36. The summed E-state index contributed by atoms with van der Waals surface area (Å²) in [6, 6.07) is 0. The van der Waals surface area contributed by atoms with Gasteiger partial charge in [-0.05, 0) is 19.3 Å². The van der Waals surface area contributed by atoms with Crippen molar-refractivity contribution in [3.8, 4) is 0 Å². The molecular weight excluding hydrogens is 250 g/mol. The van der Waals surface area contributed by atoms with Crippen LogP contribution in [-0.2, 0) is 11.3 Å². The molecule has 0 aliphatic rings. The maximum Gasteiger partial charge on any atom is 0.341 e. The van der Waals surface area contributed by atoms with Gasteiger partial charge in [0, 0.05) is 17.9 Å². The molecule has 0 radical (unpaired) electrons. The van der Waals surface area contributed by atoms with E-state index in [1.165, 1.54) is 7.11 Å². The monoisotopic (exact) mass is 269 g/mol. The Kier molecular flexibility index (Phi) is 5.03. The molecule has 0 fully saturated rings. The number of carbonyl (C=O) groups is 1. The number of halogens is 1. The topological polar surface area (TPSA) is 31.2 Å². The lowest BCUT2D eigenvalue weighted by atomic mass is 10.0. The predicted molar refractivity (Wildman–Crippen MR) is 74.4 cm³/mol. The van der Waals surface area contributed by atoms with Gasteiger partial charge in [0.15, 0.2) is 0 Å². The van der Waals surface area contributed by atoms with E-state index in [9.17, 15) is 4.79 Å². The molecule has 1 aromatic heterocycles. The van der Waals surface area contributed by atoms with Gasteiger partial charge < -0.3 is 9.30 Å². The third kappa shape index (κ3) is 2.46. The SMILES string of the molecule is C=CCn1c(C)c(C(=O)OC)c(Cl)c1C(C)CC. The standard InChI is InChI=1S/C14H20ClNO2/c1-6-8-16-10(4)11(14(17)18-5)12(15)13(16)9(3)7-2/h6,9H,1,7-8H2,2-5H3. The minimum atomic E-state index is -0.384. The zero-order chi connectivity index (χ0) is 13.9. The maximum atomic E-state index is 11.8. The first-order chi connectivity index (χ1) is 8.49. The highest BCUT2D eigenvalue weighted by Crippen LogP contribution is 2.34. The Morgan fingerprint density at radius 3 is 2.67 bits per heavy atom. The van der Waals surface area contributed by atoms with Crippen molar-refractivity contribution >= 4 is 17.6 Å². The molecule has 18 heavy (non-hydrogen) atoms.